The summed E-state index contributed by atoms with van der Waals surface area (Å²) >= 11 is 0. The van der Waals surface area contributed by atoms with Gasteiger partial charge in [-0.25, -0.2) is 15.0 Å². The van der Waals surface area contributed by atoms with E-state index in [9.17, 15) is 0 Å². The van der Waals surface area contributed by atoms with Gasteiger partial charge in [-0.2, -0.15) is 0 Å². The lowest BCUT2D eigenvalue weighted by molar-refractivity contribution is 0.625. The average Bonchev–Trinajstić information content (AvgIpc) is 3.49. The second kappa shape index (κ2) is 9.54. The summed E-state index contributed by atoms with van der Waals surface area (Å²) in [6, 6.07) is 47.6. The monoisotopic (exact) mass is 525 g/mol. The highest BCUT2D eigenvalue weighted by Crippen LogP contribution is 2.43. The van der Waals surface area contributed by atoms with Gasteiger partial charge in [-0.15, -0.1) is 0 Å². The van der Waals surface area contributed by atoms with E-state index in [0.717, 1.165) is 43.6 Å². The van der Waals surface area contributed by atoms with Crippen LogP contribution in [0, 0.1) is 0 Å². The van der Waals surface area contributed by atoms with Crippen LogP contribution in [0.5, 0.6) is 0 Å². The summed E-state index contributed by atoms with van der Waals surface area (Å²) in [6.45, 7) is 0. The van der Waals surface area contributed by atoms with Gasteiger partial charge < -0.3 is 4.42 Å². The molecular weight excluding hydrogens is 502 g/mol. The molecule has 4 nitrogen and oxygen atoms in total. The number of para-hydroxylation sites is 1. The molecule has 0 aliphatic rings. The van der Waals surface area contributed by atoms with E-state index < -0.39 is 0 Å². The Morgan fingerprint density at radius 2 is 0.878 bits per heavy atom. The van der Waals surface area contributed by atoms with E-state index >= 15 is 0 Å². The highest BCUT2D eigenvalue weighted by atomic mass is 16.3. The van der Waals surface area contributed by atoms with Crippen LogP contribution in [0.1, 0.15) is 0 Å². The molecule has 0 amide bonds. The molecule has 0 saturated heterocycles. The topological polar surface area (TPSA) is 51.8 Å². The van der Waals surface area contributed by atoms with Crippen molar-refractivity contribution in [2.24, 2.45) is 0 Å². The fourth-order valence-electron chi connectivity index (χ4n) is 5.69. The van der Waals surface area contributed by atoms with Crippen molar-refractivity contribution in [1.82, 2.24) is 15.0 Å². The summed E-state index contributed by atoms with van der Waals surface area (Å²) in [5.74, 6) is 2.33. The number of aromatic nitrogens is 3. The summed E-state index contributed by atoms with van der Waals surface area (Å²) in [5.41, 5.74) is 5.08. The van der Waals surface area contributed by atoms with Crippen LogP contribution < -0.4 is 0 Å². The second-order valence-electron chi connectivity index (χ2n) is 10.0. The molecule has 0 saturated carbocycles. The normalized spacial score (nSPS) is 11.4. The Bertz CT molecular complexity index is 2110. The van der Waals surface area contributed by atoms with Crippen LogP contribution in [0.25, 0.3) is 78.0 Å². The molecule has 8 rings (SSSR count). The number of nitrogens with zero attached hydrogens (tertiary/aromatic N) is 3. The third-order valence-corrected chi connectivity index (χ3v) is 7.53. The Labute approximate surface area is 236 Å². The van der Waals surface area contributed by atoms with Gasteiger partial charge >= 0.3 is 0 Å². The standard InChI is InChI=1S/C37H23N3O/c1-3-13-24(14-4-1)33-27-18-8-10-20-29(27)34(30-21-11-9-19-28(30)33)37-39-35(25-15-5-2-6-16-25)38-36(40-37)32-23-26-17-7-12-22-31(26)41-32/h1-23H. The molecule has 192 valence electrons. The van der Waals surface area contributed by atoms with E-state index in [2.05, 4.69) is 78.9 Å². The van der Waals surface area contributed by atoms with Crippen molar-refractivity contribution in [2.75, 3.05) is 0 Å². The first kappa shape index (κ1) is 23.3. The fourth-order valence-corrected chi connectivity index (χ4v) is 5.69. The zero-order valence-electron chi connectivity index (χ0n) is 22.0. The smallest absolute Gasteiger partial charge is 0.199 e. The predicted octanol–water partition coefficient (Wildman–Crippen LogP) is 9.59. The maximum atomic E-state index is 6.23. The molecule has 4 heteroatoms. The molecule has 41 heavy (non-hydrogen) atoms. The molecular formula is C37H23N3O. The van der Waals surface area contributed by atoms with Crippen LogP contribution in [0.3, 0.4) is 0 Å². The van der Waals surface area contributed by atoms with Gasteiger partial charge in [0.1, 0.15) is 5.58 Å². The van der Waals surface area contributed by atoms with Gasteiger partial charge in [0.25, 0.3) is 0 Å². The van der Waals surface area contributed by atoms with Gasteiger partial charge in [-0.05, 0) is 44.8 Å². The Hall–Kier alpha value is -5.61. The van der Waals surface area contributed by atoms with Crippen LogP contribution in [-0.2, 0) is 0 Å². The van der Waals surface area contributed by atoms with Gasteiger partial charge in [0.15, 0.2) is 23.2 Å². The van der Waals surface area contributed by atoms with Gasteiger partial charge in [0.2, 0.25) is 0 Å². The largest absolute Gasteiger partial charge is 0.453 e. The maximum Gasteiger partial charge on any atom is 0.199 e. The first-order chi connectivity index (χ1) is 20.3. The molecule has 0 aliphatic heterocycles. The molecule has 0 aliphatic carbocycles. The third kappa shape index (κ3) is 3.97. The number of furan rings is 1. The zero-order chi connectivity index (χ0) is 27.2. The number of rotatable bonds is 4. The van der Waals surface area contributed by atoms with E-state index in [1.165, 1.54) is 11.1 Å². The van der Waals surface area contributed by atoms with Crippen LogP contribution in [-0.4, -0.2) is 15.0 Å². The summed E-state index contributed by atoms with van der Waals surface area (Å²) in [6.07, 6.45) is 0. The minimum Gasteiger partial charge on any atom is -0.453 e. The minimum absolute atomic E-state index is 0.505. The van der Waals surface area contributed by atoms with Crippen molar-refractivity contribution >= 4 is 32.5 Å². The number of hydrogen-bond donors (Lipinski definition) is 0. The highest BCUT2D eigenvalue weighted by molar-refractivity contribution is 6.20. The molecule has 0 fully saturated rings. The van der Waals surface area contributed by atoms with Gasteiger partial charge in [0.05, 0.1) is 0 Å². The van der Waals surface area contributed by atoms with Crippen molar-refractivity contribution in [3.8, 4) is 45.5 Å². The van der Waals surface area contributed by atoms with Crippen LogP contribution in [0.4, 0.5) is 0 Å². The molecule has 0 bridgehead atoms. The van der Waals surface area contributed by atoms with Crippen LogP contribution in [0.2, 0.25) is 0 Å². The minimum atomic E-state index is 0.505. The van der Waals surface area contributed by atoms with Crippen molar-refractivity contribution in [3.63, 3.8) is 0 Å². The molecule has 2 heterocycles. The second-order valence-corrected chi connectivity index (χ2v) is 10.0. The average molecular weight is 526 g/mol. The lowest BCUT2D eigenvalue weighted by Gasteiger charge is -2.17. The molecule has 0 radical (unpaired) electrons. The third-order valence-electron chi connectivity index (χ3n) is 7.53. The number of fused-ring (bicyclic) bond motifs is 3. The highest BCUT2D eigenvalue weighted by Gasteiger charge is 2.21. The van der Waals surface area contributed by atoms with E-state index in [1.54, 1.807) is 0 Å². The van der Waals surface area contributed by atoms with Gasteiger partial charge in [0, 0.05) is 16.5 Å². The molecule has 2 aromatic heterocycles. The van der Waals surface area contributed by atoms with E-state index in [-0.39, 0.29) is 0 Å². The lowest BCUT2D eigenvalue weighted by Crippen LogP contribution is -2.01. The first-order valence-electron chi connectivity index (χ1n) is 13.6. The Kier molecular flexibility index (Phi) is 5.42. The van der Waals surface area contributed by atoms with E-state index in [1.807, 2.05) is 60.7 Å². The number of hydrogen-bond acceptors (Lipinski definition) is 4. The molecule has 0 unspecified atom stereocenters. The predicted molar refractivity (Wildman–Crippen MR) is 166 cm³/mol. The number of benzene rings is 6. The quantitative estimate of drug-likeness (QED) is 0.215. The maximum absolute atomic E-state index is 6.23. The molecule has 6 aromatic carbocycles. The molecule has 0 N–H and O–H groups in total. The molecule has 0 atom stereocenters. The fraction of sp³-hybridized carbons (Fsp3) is 0. The summed E-state index contributed by atoms with van der Waals surface area (Å²) in [4.78, 5) is 15.1. The molecule has 8 aromatic rings. The van der Waals surface area contributed by atoms with Crippen molar-refractivity contribution in [2.45, 2.75) is 0 Å². The molecule has 0 spiro atoms. The Balaban J connectivity index is 1.47. The van der Waals surface area contributed by atoms with E-state index in [4.69, 9.17) is 19.4 Å². The van der Waals surface area contributed by atoms with Gasteiger partial charge in [-0.3, -0.25) is 0 Å². The Morgan fingerprint density at radius 3 is 1.51 bits per heavy atom. The van der Waals surface area contributed by atoms with Crippen LogP contribution in [0.15, 0.2) is 144 Å². The van der Waals surface area contributed by atoms with Gasteiger partial charge in [-0.1, -0.05) is 127 Å². The van der Waals surface area contributed by atoms with Crippen molar-refractivity contribution < 1.29 is 4.42 Å². The van der Waals surface area contributed by atoms with Crippen molar-refractivity contribution in [3.05, 3.63) is 140 Å². The lowest BCUT2D eigenvalue weighted by atomic mass is 9.88. The first-order valence-corrected chi connectivity index (χ1v) is 13.6. The summed E-state index contributed by atoms with van der Waals surface area (Å²) in [7, 11) is 0. The summed E-state index contributed by atoms with van der Waals surface area (Å²) in [5, 5.41) is 5.49. The van der Waals surface area contributed by atoms with Crippen LogP contribution >= 0.6 is 0 Å². The van der Waals surface area contributed by atoms with Crippen molar-refractivity contribution in [1.29, 1.82) is 0 Å². The van der Waals surface area contributed by atoms with E-state index in [0.29, 0.717) is 23.2 Å². The SMILES string of the molecule is c1ccc(-c2nc(-c3cc4ccccc4o3)nc(-c3c4ccccc4c(-c4ccccc4)c4ccccc34)n2)cc1. The summed E-state index contributed by atoms with van der Waals surface area (Å²) < 4.78 is 6.23. The Morgan fingerprint density at radius 1 is 0.390 bits per heavy atom. The zero-order valence-corrected chi connectivity index (χ0v) is 22.0.